The summed E-state index contributed by atoms with van der Waals surface area (Å²) in [6.07, 6.45) is 1.53. The SMILES string of the molecule is CC(=O)OC[C@@H]1C=C(OC(C)=O)[C@H](COC(C)=O)C2C(=O)c3ccccc3C(=O)C21. The highest BCUT2D eigenvalue weighted by molar-refractivity contribution is 6.16. The molecule has 2 aliphatic carbocycles. The predicted octanol–water partition coefficient (Wildman–Crippen LogP) is 2.12. The quantitative estimate of drug-likeness (QED) is 0.532. The molecule has 0 bridgehead atoms. The van der Waals surface area contributed by atoms with Crippen molar-refractivity contribution in [1.29, 1.82) is 0 Å². The Morgan fingerprint density at radius 1 is 0.800 bits per heavy atom. The van der Waals surface area contributed by atoms with Crippen molar-refractivity contribution < 1.29 is 38.2 Å². The third kappa shape index (κ3) is 4.17. The molecule has 1 aromatic carbocycles. The molecule has 8 heteroatoms. The van der Waals surface area contributed by atoms with Crippen LogP contribution in [-0.4, -0.2) is 42.7 Å². The molecule has 4 atom stereocenters. The summed E-state index contributed by atoms with van der Waals surface area (Å²) >= 11 is 0. The van der Waals surface area contributed by atoms with Gasteiger partial charge in [0.25, 0.3) is 0 Å². The molecule has 0 aliphatic heterocycles. The Morgan fingerprint density at radius 3 is 1.87 bits per heavy atom. The van der Waals surface area contributed by atoms with E-state index in [0.717, 1.165) is 0 Å². The normalized spacial score (nSPS) is 24.8. The lowest BCUT2D eigenvalue weighted by atomic mass is 9.61. The van der Waals surface area contributed by atoms with Gasteiger partial charge < -0.3 is 14.2 Å². The lowest BCUT2D eigenvalue weighted by molar-refractivity contribution is -0.146. The summed E-state index contributed by atoms with van der Waals surface area (Å²) in [7, 11) is 0. The van der Waals surface area contributed by atoms with Gasteiger partial charge in [0.15, 0.2) is 11.6 Å². The average molecular weight is 414 g/mol. The highest BCUT2D eigenvalue weighted by Gasteiger charge is 2.52. The van der Waals surface area contributed by atoms with Gasteiger partial charge in [0, 0.05) is 49.7 Å². The monoisotopic (exact) mass is 414 g/mol. The van der Waals surface area contributed by atoms with E-state index in [-0.39, 0.29) is 36.1 Å². The largest absolute Gasteiger partial charge is 0.465 e. The number of esters is 3. The smallest absolute Gasteiger partial charge is 0.307 e. The molecular formula is C22H22O8. The molecule has 0 heterocycles. The van der Waals surface area contributed by atoms with E-state index in [1.54, 1.807) is 24.3 Å². The number of benzene rings is 1. The predicted molar refractivity (Wildman–Crippen MR) is 102 cm³/mol. The number of rotatable bonds is 5. The van der Waals surface area contributed by atoms with Gasteiger partial charge in [-0.15, -0.1) is 0 Å². The average Bonchev–Trinajstić information content (AvgIpc) is 2.68. The number of carbonyl (C=O) groups is 5. The van der Waals surface area contributed by atoms with Crippen LogP contribution in [-0.2, 0) is 28.6 Å². The van der Waals surface area contributed by atoms with E-state index in [9.17, 15) is 24.0 Å². The fourth-order valence-electron chi connectivity index (χ4n) is 4.14. The molecule has 158 valence electrons. The fraction of sp³-hybridized carbons (Fsp3) is 0.409. The molecule has 0 saturated heterocycles. The number of Topliss-reactive ketones (excluding diaryl/α,β-unsaturated/α-hetero) is 2. The summed E-state index contributed by atoms with van der Waals surface area (Å²) in [5, 5.41) is 0. The van der Waals surface area contributed by atoms with Crippen molar-refractivity contribution in [2.75, 3.05) is 13.2 Å². The molecule has 30 heavy (non-hydrogen) atoms. The minimum Gasteiger partial charge on any atom is -0.465 e. The van der Waals surface area contributed by atoms with Crippen LogP contribution in [0, 0.1) is 23.7 Å². The number of hydrogen-bond acceptors (Lipinski definition) is 8. The standard InChI is InChI=1S/C22H22O8/c1-11(23)28-9-14-8-18(30-13(3)25)17(10-29-12(2)24)20-19(14)21(26)15-6-4-5-7-16(15)22(20)27/h4-8,14,17,19-20H,9-10H2,1-3H3/t14-,17-,19?,20?/m0/s1. The van der Waals surface area contributed by atoms with Crippen molar-refractivity contribution in [3.8, 4) is 0 Å². The second-order valence-corrected chi connectivity index (χ2v) is 7.36. The van der Waals surface area contributed by atoms with E-state index in [2.05, 4.69) is 0 Å². The molecule has 0 amide bonds. The van der Waals surface area contributed by atoms with E-state index in [1.165, 1.54) is 26.8 Å². The van der Waals surface area contributed by atoms with Crippen molar-refractivity contribution >= 4 is 29.5 Å². The summed E-state index contributed by atoms with van der Waals surface area (Å²) < 4.78 is 15.6. The minimum atomic E-state index is -0.924. The lowest BCUT2D eigenvalue weighted by Crippen LogP contribution is -2.49. The molecule has 1 aromatic rings. The maximum Gasteiger partial charge on any atom is 0.307 e. The molecule has 2 unspecified atom stereocenters. The second kappa shape index (κ2) is 8.61. The van der Waals surface area contributed by atoms with E-state index < -0.39 is 41.6 Å². The zero-order valence-corrected chi connectivity index (χ0v) is 16.9. The van der Waals surface area contributed by atoms with Crippen LogP contribution in [0.15, 0.2) is 36.1 Å². The highest BCUT2D eigenvalue weighted by Crippen LogP contribution is 2.46. The van der Waals surface area contributed by atoms with Crippen molar-refractivity contribution in [2.45, 2.75) is 20.8 Å². The Balaban J connectivity index is 2.11. The fourth-order valence-corrected chi connectivity index (χ4v) is 4.14. The number of ketones is 2. The zero-order valence-electron chi connectivity index (χ0n) is 16.9. The summed E-state index contributed by atoms with van der Waals surface area (Å²) in [6.45, 7) is 3.30. The molecule has 0 aromatic heterocycles. The Kier molecular flexibility index (Phi) is 6.14. The molecule has 0 fully saturated rings. The third-order valence-electron chi connectivity index (χ3n) is 5.30. The first-order valence-electron chi connectivity index (χ1n) is 9.55. The first-order valence-corrected chi connectivity index (χ1v) is 9.55. The number of ether oxygens (including phenoxy) is 3. The maximum atomic E-state index is 13.4. The van der Waals surface area contributed by atoms with Gasteiger partial charge >= 0.3 is 17.9 Å². The van der Waals surface area contributed by atoms with Gasteiger partial charge in [0.05, 0.1) is 12.5 Å². The number of carbonyl (C=O) groups excluding carboxylic acids is 5. The van der Waals surface area contributed by atoms with Gasteiger partial charge in [-0.2, -0.15) is 0 Å². The van der Waals surface area contributed by atoms with Gasteiger partial charge in [-0.1, -0.05) is 24.3 Å². The van der Waals surface area contributed by atoms with Gasteiger partial charge in [-0.05, 0) is 6.08 Å². The molecule has 3 rings (SSSR count). The number of fused-ring (bicyclic) bond motifs is 2. The maximum absolute atomic E-state index is 13.4. The van der Waals surface area contributed by atoms with Crippen molar-refractivity contribution in [1.82, 2.24) is 0 Å². The summed E-state index contributed by atoms with van der Waals surface area (Å²) in [5.74, 6) is -5.42. The highest BCUT2D eigenvalue weighted by atomic mass is 16.6. The van der Waals surface area contributed by atoms with E-state index in [1.807, 2.05) is 0 Å². The summed E-state index contributed by atoms with van der Waals surface area (Å²) in [5.41, 5.74) is 0.569. The Labute approximate surface area is 173 Å². The first-order chi connectivity index (χ1) is 14.2. The summed E-state index contributed by atoms with van der Waals surface area (Å²) in [4.78, 5) is 61.1. The van der Waals surface area contributed by atoms with Crippen LogP contribution in [0.25, 0.3) is 0 Å². The molecule has 8 nitrogen and oxygen atoms in total. The van der Waals surface area contributed by atoms with Crippen LogP contribution >= 0.6 is 0 Å². The van der Waals surface area contributed by atoms with Crippen LogP contribution in [0.1, 0.15) is 41.5 Å². The molecule has 0 N–H and O–H groups in total. The molecule has 0 spiro atoms. The van der Waals surface area contributed by atoms with Crippen molar-refractivity contribution in [2.24, 2.45) is 23.7 Å². The van der Waals surface area contributed by atoms with Crippen LogP contribution < -0.4 is 0 Å². The van der Waals surface area contributed by atoms with E-state index in [0.29, 0.717) is 5.56 Å². The molecule has 0 saturated carbocycles. The van der Waals surface area contributed by atoms with Gasteiger partial charge in [-0.25, -0.2) is 0 Å². The Morgan fingerprint density at radius 2 is 1.33 bits per heavy atom. The van der Waals surface area contributed by atoms with E-state index >= 15 is 0 Å². The molecule has 2 aliphatic rings. The Bertz CT molecular complexity index is 944. The lowest BCUT2D eigenvalue weighted by Gasteiger charge is -2.42. The Hall–Kier alpha value is -3.29. The van der Waals surface area contributed by atoms with E-state index in [4.69, 9.17) is 14.2 Å². The first kappa shape index (κ1) is 21.4. The number of hydrogen-bond donors (Lipinski definition) is 0. The van der Waals surface area contributed by atoms with Crippen LogP contribution in [0.2, 0.25) is 0 Å². The summed E-state index contributed by atoms with van der Waals surface area (Å²) in [6, 6.07) is 6.48. The second-order valence-electron chi connectivity index (χ2n) is 7.36. The van der Waals surface area contributed by atoms with Crippen LogP contribution in [0.3, 0.4) is 0 Å². The van der Waals surface area contributed by atoms with Gasteiger partial charge in [-0.3, -0.25) is 24.0 Å². The molecular weight excluding hydrogens is 392 g/mol. The zero-order chi connectivity index (χ0) is 22.0. The van der Waals surface area contributed by atoms with Crippen LogP contribution in [0.5, 0.6) is 0 Å². The van der Waals surface area contributed by atoms with Crippen LogP contribution in [0.4, 0.5) is 0 Å². The topological polar surface area (TPSA) is 113 Å². The van der Waals surface area contributed by atoms with Gasteiger partial charge in [0.2, 0.25) is 0 Å². The van der Waals surface area contributed by atoms with Gasteiger partial charge in [0.1, 0.15) is 12.4 Å². The van der Waals surface area contributed by atoms with Crippen molar-refractivity contribution in [3.05, 3.63) is 47.2 Å². The molecule has 0 radical (unpaired) electrons. The minimum absolute atomic E-state index is 0.127. The van der Waals surface area contributed by atoms with Crippen molar-refractivity contribution in [3.63, 3.8) is 0 Å². The third-order valence-corrected chi connectivity index (χ3v) is 5.30.